The molecule has 0 radical (unpaired) electrons. The van der Waals surface area contributed by atoms with E-state index in [0.717, 1.165) is 11.3 Å². The number of benzene rings is 1. The van der Waals surface area contributed by atoms with Crippen molar-refractivity contribution in [2.24, 2.45) is 5.73 Å². The molecule has 0 saturated carbocycles. The summed E-state index contributed by atoms with van der Waals surface area (Å²) in [5, 5.41) is 6.76. The lowest BCUT2D eigenvalue weighted by Crippen LogP contribution is -2.12. The Kier molecular flexibility index (Phi) is 2.33. The van der Waals surface area contributed by atoms with Crippen molar-refractivity contribution in [3.63, 3.8) is 0 Å². The van der Waals surface area contributed by atoms with E-state index in [-0.39, 0.29) is 6.04 Å². The number of aryl methyl sites for hydroxylation is 1. The molecule has 0 spiro atoms. The molecule has 0 bridgehead atoms. The minimum Gasteiger partial charge on any atom is -0.319 e. The van der Waals surface area contributed by atoms with Crippen LogP contribution in [0.25, 0.3) is 0 Å². The highest BCUT2D eigenvalue weighted by molar-refractivity contribution is 5.29. The molecule has 0 aliphatic rings. The van der Waals surface area contributed by atoms with Crippen molar-refractivity contribution in [1.29, 1.82) is 0 Å². The van der Waals surface area contributed by atoms with E-state index >= 15 is 0 Å². The number of H-pyrrole nitrogens is 1. The van der Waals surface area contributed by atoms with Crippen LogP contribution in [-0.2, 0) is 0 Å². The van der Waals surface area contributed by atoms with E-state index in [0.29, 0.717) is 0 Å². The van der Waals surface area contributed by atoms with Gasteiger partial charge in [-0.25, -0.2) is 0 Å². The molecule has 1 atom stereocenters. The van der Waals surface area contributed by atoms with Gasteiger partial charge in [0, 0.05) is 6.20 Å². The standard InChI is InChI=1S/C11H13N3/c1-8-2-4-9(5-3-8)11(12)10-6-7-13-14-10/h2-7,11H,12H2,1H3,(H,13,14). The summed E-state index contributed by atoms with van der Waals surface area (Å²) in [6, 6.07) is 9.99. The molecule has 1 aromatic carbocycles. The Balaban J connectivity index is 2.28. The van der Waals surface area contributed by atoms with Crippen LogP contribution < -0.4 is 5.73 Å². The van der Waals surface area contributed by atoms with Crippen molar-refractivity contribution in [1.82, 2.24) is 10.2 Å². The molecule has 14 heavy (non-hydrogen) atoms. The predicted molar refractivity (Wildman–Crippen MR) is 55.8 cm³/mol. The van der Waals surface area contributed by atoms with Crippen LogP contribution >= 0.6 is 0 Å². The summed E-state index contributed by atoms with van der Waals surface area (Å²) >= 11 is 0. The van der Waals surface area contributed by atoms with E-state index in [9.17, 15) is 0 Å². The number of nitrogens with one attached hydrogen (secondary N) is 1. The van der Waals surface area contributed by atoms with E-state index in [1.54, 1.807) is 6.20 Å². The fourth-order valence-corrected chi connectivity index (χ4v) is 1.39. The number of hydrogen-bond acceptors (Lipinski definition) is 2. The average Bonchev–Trinajstić information content (AvgIpc) is 2.71. The lowest BCUT2D eigenvalue weighted by atomic mass is 10.0. The normalized spacial score (nSPS) is 12.7. The van der Waals surface area contributed by atoms with Gasteiger partial charge < -0.3 is 5.73 Å². The van der Waals surface area contributed by atoms with Crippen LogP contribution in [0.5, 0.6) is 0 Å². The maximum absolute atomic E-state index is 6.04. The molecule has 3 heteroatoms. The van der Waals surface area contributed by atoms with Gasteiger partial charge in [-0.05, 0) is 18.6 Å². The van der Waals surface area contributed by atoms with Gasteiger partial charge in [0.15, 0.2) is 0 Å². The van der Waals surface area contributed by atoms with Crippen LogP contribution in [0.15, 0.2) is 36.5 Å². The first-order valence-corrected chi connectivity index (χ1v) is 4.59. The zero-order valence-electron chi connectivity index (χ0n) is 8.07. The molecule has 0 aliphatic heterocycles. The molecule has 0 aliphatic carbocycles. The number of hydrogen-bond donors (Lipinski definition) is 2. The molecular weight excluding hydrogens is 174 g/mol. The minimum atomic E-state index is -0.113. The Morgan fingerprint density at radius 2 is 1.93 bits per heavy atom. The van der Waals surface area contributed by atoms with Crippen LogP contribution in [0.4, 0.5) is 0 Å². The van der Waals surface area contributed by atoms with Gasteiger partial charge in [-0.15, -0.1) is 0 Å². The zero-order valence-corrected chi connectivity index (χ0v) is 8.07. The monoisotopic (exact) mass is 187 g/mol. The number of nitrogens with two attached hydrogens (primary N) is 1. The number of aromatic amines is 1. The van der Waals surface area contributed by atoms with Crippen LogP contribution in [0.1, 0.15) is 22.9 Å². The van der Waals surface area contributed by atoms with Gasteiger partial charge in [0.25, 0.3) is 0 Å². The van der Waals surface area contributed by atoms with Gasteiger partial charge >= 0.3 is 0 Å². The molecule has 1 heterocycles. The molecule has 72 valence electrons. The van der Waals surface area contributed by atoms with E-state index < -0.39 is 0 Å². The summed E-state index contributed by atoms with van der Waals surface area (Å²) in [5.41, 5.74) is 9.32. The summed E-state index contributed by atoms with van der Waals surface area (Å²) in [5.74, 6) is 0. The lowest BCUT2D eigenvalue weighted by molar-refractivity contribution is 0.816. The van der Waals surface area contributed by atoms with E-state index in [2.05, 4.69) is 29.3 Å². The Morgan fingerprint density at radius 3 is 2.50 bits per heavy atom. The second kappa shape index (κ2) is 3.64. The number of rotatable bonds is 2. The van der Waals surface area contributed by atoms with Crippen molar-refractivity contribution < 1.29 is 0 Å². The van der Waals surface area contributed by atoms with Gasteiger partial charge in [0.1, 0.15) is 0 Å². The van der Waals surface area contributed by atoms with E-state index in [1.165, 1.54) is 5.56 Å². The summed E-state index contributed by atoms with van der Waals surface area (Å²) in [4.78, 5) is 0. The van der Waals surface area contributed by atoms with Gasteiger partial charge in [-0.2, -0.15) is 5.10 Å². The SMILES string of the molecule is Cc1ccc(C(N)c2ccn[nH]2)cc1. The van der Waals surface area contributed by atoms with Crippen molar-refractivity contribution in [2.75, 3.05) is 0 Å². The van der Waals surface area contributed by atoms with Gasteiger partial charge in [0.2, 0.25) is 0 Å². The molecule has 3 nitrogen and oxygen atoms in total. The highest BCUT2D eigenvalue weighted by atomic mass is 15.1. The Labute approximate surface area is 83.0 Å². The predicted octanol–water partition coefficient (Wildman–Crippen LogP) is 1.77. The highest BCUT2D eigenvalue weighted by Gasteiger charge is 2.08. The third-order valence-electron chi connectivity index (χ3n) is 2.29. The summed E-state index contributed by atoms with van der Waals surface area (Å²) in [6.45, 7) is 2.06. The first-order valence-electron chi connectivity index (χ1n) is 4.59. The molecule has 0 saturated heterocycles. The second-order valence-corrected chi connectivity index (χ2v) is 3.40. The minimum absolute atomic E-state index is 0.113. The van der Waals surface area contributed by atoms with E-state index in [4.69, 9.17) is 5.73 Å². The van der Waals surface area contributed by atoms with Crippen molar-refractivity contribution in [2.45, 2.75) is 13.0 Å². The largest absolute Gasteiger partial charge is 0.319 e. The van der Waals surface area contributed by atoms with Gasteiger partial charge in [-0.3, -0.25) is 5.10 Å². The van der Waals surface area contributed by atoms with Crippen molar-refractivity contribution in [3.8, 4) is 0 Å². The van der Waals surface area contributed by atoms with Gasteiger partial charge in [-0.1, -0.05) is 29.8 Å². The highest BCUT2D eigenvalue weighted by Crippen LogP contribution is 2.17. The van der Waals surface area contributed by atoms with Gasteiger partial charge in [0.05, 0.1) is 11.7 Å². The summed E-state index contributed by atoms with van der Waals surface area (Å²) in [7, 11) is 0. The average molecular weight is 187 g/mol. The third kappa shape index (κ3) is 1.67. The van der Waals surface area contributed by atoms with Crippen molar-refractivity contribution >= 4 is 0 Å². The van der Waals surface area contributed by atoms with E-state index in [1.807, 2.05) is 18.2 Å². The lowest BCUT2D eigenvalue weighted by Gasteiger charge is -2.09. The van der Waals surface area contributed by atoms with Crippen LogP contribution in [0, 0.1) is 6.92 Å². The Hall–Kier alpha value is -1.61. The third-order valence-corrected chi connectivity index (χ3v) is 2.29. The molecule has 3 N–H and O–H groups in total. The van der Waals surface area contributed by atoms with Crippen LogP contribution in [0.2, 0.25) is 0 Å². The first-order chi connectivity index (χ1) is 6.77. The maximum atomic E-state index is 6.04. The zero-order chi connectivity index (χ0) is 9.97. The Morgan fingerprint density at radius 1 is 1.21 bits per heavy atom. The fraction of sp³-hybridized carbons (Fsp3) is 0.182. The number of nitrogens with zero attached hydrogens (tertiary/aromatic N) is 1. The second-order valence-electron chi connectivity index (χ2n) is 3.40. The number of aromatic nitrogens is 2. The topological polar surface area (TPSA) is 54.7 Å². The molecule has 1 aromatic heterocycles. The first kappa shape index (κ1) is 8.97. The molecule has 1 unspecified atom stereocenters. The molecular formula is C11H13N3. The van der Waals surface area contributed by atoms with Crippen LogP contribution in [-0.4, -0.2) is 10.2 Å². The molecule has 0 amide bonds. The maximum Gasteiger partial charge on any atom is 0.0720 e. The molecule has 0 fully saturated rings. The molecule has 2 rings (SSSR count). The quantitative estimate of drug-likeness (QED) is 0.752. The summed E-state index contributed by atoms with van der Waals surface area (Å²) in [6.07, 6.45) is 1.71. The summed E-state index contributed by atoms with van der Waals surface area (Å²) < 4.78 is 0. The smallest absolute Gasteiger partial charge is 0.0720 e. The Bertz CT molecular complexity index is 389. The molecule has 2 aromatic rings. The van der Waals surface area contributed by atoms with Crippen molar-refractivity contribution in [3.05, 3.63) is 53.3 Å². The van der Waals surface area contributed by atoms with Crippen LogP contribution in [0.3, 0.4) is 0 Å². The fourth-order valence-electron chi connectivity index (χ4n) is 1.39.